The van der Waals surface area contributed by atoms with E-state index >= 15 is 0 Å². The Labute approximate surface area is 179 Å². The second kappa shape index (κ2) is 7.84. The highest BCUT2D eigenvalue weighted by Gasteiger charge is 2.29. The summed E-state index contributed by atoms with van der Waals surface area (Å²) in [6, 6.07) is 25.7. The SMILES string of the molecule is O=C(Nc1ccc2c(c1)NC(=O)C(c1ccccc1)O2)c1ccc(-n2cccc2)cc1. The molecule has 0 aliphatic carbocycles. The van der Waals surface area contributed by atoms with E-state index in [2.05, 4.69) is 10.6 Å². The summed E-state index contributed by atoms with van der Waals surface area (Å²) in [5.41, 5.74) is 3.39. The normalized spacial score (nSPS) is 14.8. The Morgan fingerprint density at radius 2 is 1.65 bits per heavy atom. The van der Waals surface area contributed by atoms with Crippen LogP contribution in [0.5, 0.6) is 5.75 Å². The number of nitrogens with one attached hydrogen (secondary N) is 2. The molecule has 2 heterocycles. The van der Waals surface area contributed by atoms with Crippen LogP contribution in [0.25, 0.3) is 5.69 Å². The molecule has 31 heavy (non-hydrogen) atoms. The number of nitrogens with zero attached hydrogens (tertiary/aromatic N) is 1. The van der Waals surface area contributed by atoms with E-state index < -0.39 is 6.10 Å². The molecule has 0 saturated carbocycles. The lowest BCUT2D eigenvalue weighted by atomic mass is 10.1. The van der Waals surface area contributed by atoms with E-state index in [1.54, 1.807) is 30.3 Å². The van der Waals surface area contributed by atoms with Gasteiger partial charge in [0, 0.05) is 34.9 Å². The predicted molar refractivity (Wildman–Crippen MR) is 119 cm³/mol. The van der Waals surface area contributed by atoms with Crippen LogP contribution in [0.4, 0.5) is 11.4 Å². The number of anilines is 2. The summed E-state index contributed by atoms with van der Waals surface area (Å²) in [5.74, 6) is 0.0783. The molecule has 0 saturated heterocycles. The number of ether oxygens (including phenoxy) is 1. The highest BCUT2D eigenvalue weighted by atomic mass is 16.5. The summed E-state index contributed by atoms with van der Waals surface area (Å²) in [6.45, 7) is 0. The van der Waals surface area contributed by atoms with Gasteiger partial charge in [-0.3, -0.25) is 9.59 Å². The summed E-state index contributed by atoms with van der Waals surface area (Å²) in [4.78, 5) is 25.2. The van der Waals surface area contributed by atoms with E-state index in [1.807, 2.05) is 71.6 Å². The molecule has 152 valence electrons. The molecule has 3 aromatic carbocycles. The molecule has 2 amide bonds. The smallest absolute Gasteiger partial charge is 0.270 e. The van der Waals surface area contributed by atoms with Crippen molar-refractivity contribution < 1.29 is 14.3 Å². The number of rotatable bonds is 4. The van der Waals surface area contributed by atoms with E-state index in [0.29, 0.717) is 22.7 Å². The Hall–Kier alpha value is -4.32. The Balaban J connectivity index is 1.31. The quantitative estimate of drug-likeness (QED) is 0.508. The summed E-state index contributed by atoms with van der Waals surface area (Å²) >= 11 is 0. The molecule has 6 heteroatoms. The van der Waals surface area contributed by atoms with E-state index in [0.717, 1.165) is 11.3 Å². The van der Waals surface area contributed by atoms with Crippen molar-refractivity contribution in [2.24, 2.45) is 0 Å². The van der Waals surface area contributed by atoms with Crippen molar-refractivity contribution in [3.8, 4) is 11.4 Å². The maximum Gasteiger partial charge on any atom is 0.270 e. The van der Waals surface area contributed by atoms with Gasteiger partial charge in [-0.15, -0.1) is 0 Å². The largest absolute Gasteiger partial charge is 0.474 e. The first-order valence-corrected chi connectivity index (χ1v) is 9.89. The minimum Gasteiger partial charge on any atom is -0.474 e. The van der Waals surface area contributed by atoms with Crippen molar-refractivity contribution in [1.82, 2.24) is 4.57 Å². The monoisotopic (exact) mass is 409 g/mol. The molecule has 1 aliphatic heterocycles. The third-order valence-electron chi connectivity index (χ3n) is 5.11. The van der Waals surface area contributed by atoms with E-state index in [9.17, 15) is 9.59 Å². The lowest BCUT2D eigenvalue weighted by Gasteiger charge is -2.26. The first-order chi connectivity index (χ1) is 15.2. The van der Waals surface area contributed by atoms with E-state index in [1.165, 1.54) is 0 Å². The molecule has 1 unspecified atom stereocenters. The average molecular weight is 409 g/mol. The van der Waals surface area contributed by atoms with Crippen molar-refractivity contribution in [1.29, 1.82) is 0 Å². The van der Waals surface area contributed by atoms with Gasteiger partial charge in [0.25, 0.3) is 11.8 Å². The third-order valence-corrected chi connectivity index (χ3v) is 5.11. The van der Waals surface area contributed by atoms with Gasteiger partial charge < -0.3 is 19.9 Å². The molecule has 6 nitrogen and oxygen atoms in total. The minimum absolute atomic E-state index is 0.232. The van der Waals surface area contributed by atoms with E-state index in [4.69, 9.17) is 4.74 Å². The maximum atomic E-state index is 12.6. The topological polar surface area (TPSA) is 72.4 Å². The van der Waals surface area contributed by atoms with Crippen LogP contribution in [-0.4, -0.2) is 16.4 Å². The summed E-state index contributed by atoms with van der Waals surface area (Å²) in [6.07, 6.45) is 3.19. The number of carbonyl (C=O) groups is 2. The highest BCUT2D eigenvalue weighted by Crippen LogP contribution is 2.36. The standard InChI is InChI=1S/C25H19N3O3/c29-24(18-8-11-20(12-9-18)28-14-4-5-15-28)26-19-10-13-22-21(16-19)27-25(30)23(31-22)17-6-2-1-3-7-17/h1-16,23H,(H,26,29)(H,27,30). The van der Waals surface area contributed by atoms with Gasteiger partial charge >= 0.3 is 0 Å². The fourth-order valence-electron chi connectivity index (χ4n) is 3.53. The summed E-state index contributed by atoms with van der Waals surface area (Å²) in [5, 5.41) is 5.73. The highest BCUT2D eigenvalue weighted by molar-refractivity contribution is 6.05. The van der Waals surface area contributed by atoms with Crippen molar-refractivity contribution in [3.05, 3.63) is 108 Å². The number of hydrogen-bond donors (Lipinski definition) is 2. The first-order valence-electron chi connectivity index (χ1n) is 9.89. The van der Waals surface area contributed by atoms with Crippen molar-refractivity contribution >= 4 is 23.2 Å². The Kier molecular flexibility index (Phi) is 4.72. The van der Waals surface area contributed by atoms with Crippen molar-refractivity contribution in [2.45, 2.75) is 6.10 Å². The third kappa shape index (κ3) is 3.79. The molecule has 4 aromatic rings. The Bertz CT molecular complexity index is 1230. The Morgan fingerprint density at radius 3 is 2.39 bits per heavy atom. The summed E-state index contributed by atoms with van der Waals surface area (Å²) < 4.78 is 7.87. The van der Waals surface area contributed by atoms with Crippen LogP contribution in [0.1, 0.15) is 22.0 Å². The van der Waals surface area contributed by atoms with Gasteiger partial charge in [-0.05, 0) is 54.6 Å². The van der Waals surface area contributed by atoms with Gasteiger partial charge in [0.2, 0.25) is 6.10 Å². The molecule has 5 rings (SSSR count). The van der Waals surface area contributed by atoms with Crippen LogP contribution >= 0.6 is 0 Å². The fourth-order valence-corrected chi connectivity index (χ4v) is 3.53. The number of aromatic nitrogens is 1. The molecule has 0 radical (unpaired) electrons. The van der Waals surface area contributed by atoms with Crippen LogP contribution in [0, 0.1) is 0 Å². The van der Waals surface area contributed by atoms with Gasteiger partial charge in [-0.1, -0.05) is 30.3 Å². The number of benzene rings is 3. The number of carbonyl (C=O) groups excluding carboxylic acids is 2. The zero-order valence-corrected chi connectivity index (χ0v) is 16.5. The molecule has 1 aromatic heterocycles. The van der Waals surface area contributed by atoms with E-state index in [-0.39, 0.29) is 11.8 Å². The van der Waals surface area contributed by atoms with Crippen molar-refractivity contribution in [3.63, 3.8) is 0 Å². The fraction of sp³-hybridized carbons (Fsp3) is 0.0400. The predicted octanol–water partition coefficient (Wildman–Crippen LogP) is 4.80. The summed E-state index contributed by atoms with van der Waals surface area (Å²) in [7, 11) is 0. The van der Waals surface area contributed by atoms with Crippen LogP contribution < -0.4 is 15.4 Å². The number of amides is 2. The van der Waals surface area contributed by atoms with Crippen LogP contribution in [0.3, 0.4) is 0 Å². The van der Waals surface area contributed by atoms with Gasteiger partial charge in [-0.2, -0.15) is 0 Å². The van der Waals surface area contributed by atoms with Gasteiger partial charge in [0.15, 0.2) is 0 Å². The minimum atomic E-state index is -0.701. The second-order valence-electron chi connectivity index (χ2n) is 7.20. The second-order valence-corrected chi connectivity index (χ2v) is 7.20. The lowest BCUT2D eigenvalue weighted by Crippen LogP contribution is -2.30. The Morgan fingerprint density at radius 1 is 0.903 bits per heavy atom. The molecule has 1 aliphatic rings. The van der Waals surface area contributed by atoms with Crippen LogP contribution in [0.2, 0.25) is 0 Å². The molecule has 0 bridgehead atoms. The maximum absolute atomic E-state index is 12.6. The molecular weight excluding hydrogens is 390 g/mol. The number of hydrogen-bond acceptors (Lipinski definition) is 3. The molecule has 2 N–H and O–H groups in total. The van der Waals surface area contributed by atoms with Gasteiger partial charge in [-0.25, -0.2) is 0 Å². The zero-order valence-electron chi connectivity index (χ0n) is 16.5. The lowest BCUT2D eigenvalue weighted by molar-refractivity contribution is -0.123. The van der Waals surface area contributed by atoms with Gasteiger partial charge in [0.1, 0.15) is 5.75 Å². The zero-order chi connectivity index (χ0) is 21.2. The molecule has 1 atom stereocenters. The van der Waals surface area contributed by atoms with Crippen LogP contribution in [0.15, 0.2) is 97.3 Å². The molecule has 0 fully saturated rings. The van der Waals surface area contributed by atoms with Crippen LogP contribution in [-0.2, 0) is 4.79 Å². The average Bonchev–Trinajstić information content (AvgIpc) is 3.34. The molecular formula is C25H19N3O3. The number of fused-ring (bicyclic) bond motifs is 1. The van der Waals surface area contributed by atoms with Gasteiger partial charge in [0.05, 0.1) is 5.69 Å². The van der Waals surface area contributed by atoms with Crippen molar-refractivity contribution in [2.75, 3.05) is 10.6 Å². The molecule has 0 spiro atoms. The first kappa shape index (κ1) is 18.7.